The maximum absolute atomic E-state index is 5.39. The van der Waals surface area contributed by atoms with Gasteiger partial charge < -0.3 is 5.73 Å². The van der Waals surface area contributed by atoms with Crippen molar-refractivity contribution >= 4 is 55.6 Å². The number of hydrogen-bond donors (Lipinski definition) is 1. The second kappa shape index (κ2) is 6.78. The Hall–Kier alpha value is 0.382. The summed E-state index contributed by atoms with van der Waals surface area (Å²) in [5.74, 6) is 0. The molecule has 2 radical (unpaired) electrons. The number of aryl methyl sites for hydroxylation is 1. The van der Waals surface area contributed by atoms with E-state index < -0.39 is 0 Å². The minimum atomic E-state index is 0. The van der Waals surface area contributed by atoms with E-state index >= 15 is 0 Å². The summed E-state index contributed by atoms with van der Waals surface area (Å²) in [6.45, 7) is 2.13. The van der Waals surface area contributed by atoms with E-state index in [4.69, 9.17) is 18.0 Å². The fourth-order valence-corrected chi connectivity index (χ4v) is 1.70. The van der Waals surface area contributed by atoms with E-state index in [9.17, 15) is 0 Å². The van der Waals surface area contributed by atoms with Crippen molar-refractivity contribution < 1.29 is 0 Å². The Morgan fingerprint density at radius 2 is 1.92 bits per heavy atom. The van der Waals surface area contributed by atoms with Gasteiger partial charge in [0.1, 0.15) is 4.32 Å². The van der Waals surface area contributed by atoms with Gasteiger partial charge in [0.25, 0.3) is 0 Å². The summed E-state index contributed by atoms with van der Waals surface area (Å²) in [5, 5.41) is 0. The summed E-state index contributed by atoms with van der Waals surface area (Å²) >= 11 is 6.21. The first-order valence-electron chi connectivity index (χ1n) is 3.78. The normalized spacial score (nSPS) is 9.00. The van der Waals surface area contributed by atoms with Crippen LogP contribution in [-0.2, 0) is 6.42 Å². The molecule has 0 aromatic heterocycles. The molecule has 0 unspecified atom stereocenters. The van der Waals surface area contributed by atoms with E-state index in [1.807, 2.05) is 12.1 Å². The molecule has 0 bridgehead atoms. The summed E-state index contributed by atoms with van der Waals surface area (Å²) in [6, 6.07) is 8.28. The number of thiocarbonyl (C=S) groups is 1. The average molecular weight is 407 g/mol. The second-order valence-electron chi connectivity index (χ2n) is 2.42. The van der Waals surface area contributed by atoms with Gasteiger partial charge in [0.15, 0.2) is 0 Å². The fraction of sp³-hybridized carbons (Fsp3) is 0.222. The molecule has 0 heterocycles. The van der Waals surface area contributed by atoms with Crippen molar-refractivity contribution in [2.45, 2.75) is 18.2 Å². The van der Waals surface area contributed by atoms with Crippen LogP contribution in [0.2, 0.25) is 0 Å². The molecule has 4 heteroatoms. The Labute approximate surface area is 109 Å². The topological polar surface area (TPSA) is 26.0 Å². The number of rotatable bonds is 2. The van der Waals surface area contributed by atoms with Crippen LogP contribution in [0.3, 0.4) is 0 Å². The van der Waals surface area contributed by atoms with Gasteiger partial charge in [-0.15, -0.1) is 0 Å². The van der Waals surface area contributed by atoms with Gasteiger partial charge in [-0.3, -0.25) is 0 Å². The van der Waals surface area contributed by atoms with E-state index in [1.54, 1.807) is 0 Å². The van der Waals surface area contributed by atoms with E-state index in [0.717, 1.165) is 11.3 Å². The van der Waals surface area contributed by atoms with Crippen LogP contribution < -0.4 is 5.73 Å². The van der Waals surface area contributed by atoms with E-state index in [-0.39, 0.29) is 27.3 Å². The summed E-state index contributed by atoms with van der Waals surface area (Å²) in [7, 11) is 0. The fourth-order valence-electron chi connectivity index (χ4n) is 0.909. The molecule has 70 valence electrons. The number of benzene rings is 1. The molecule has 0 aliphatic carbocycles. The molecule has 0 aliphatic heterocycles. The third kappa shape index (κ3) is 4.97. The molecule has 1 aromatic carbocycles. The summed E-state index contributed by atoms with van der Waals surface area (Å²) in [6.07, 6.45) is 1.07. The molecule has 0 saturated heterocycles. The van der Waals surface area contributed by atoms with Crippen LogP contribution in [0.25, 0.3) is 0 Å². The van der Waals surface area contributed by atoms with Crippen molar-refractivity contribution in [3.8, 4) is 0 Å². The van der Waals surface area contributed by atoms with Crippen LogP contribution in [0.15, 0.2) is 29.2 Å². The van der Waals surface area contributed by atoms with Gasteiger partial charge in [0.05, 0.1) is 0 Å². The molecule has 0 amide bonds. The Kier molecular flexibility index (Phi) is 6.98. The molecular weight excluding hydrogens is 393 g/mol. The summed E-state index contributed by atoms with van der Waals surface area (Å²) in [4.78, 5) is 1.11. The van der Waals surface area contributed by atoms with Crippen LogP contribution in [0.4, 0.5) is 0 Å². The van der Waals surface area contributed by atoms with Crippen LogP contribution in [-0.4, -0.2) is 31.6 Å². The molecule has 0 spiro atoms. The molecule has 0 saturated carbocycles. The van der Waals surface area contributed by atoms with Crippen molar-refractivity contribution in [2.75, 3.05) is 0 Å². The van der Waals surface area contributed by atoms with Crippen molar-refractivity contribution in [3.63, 3.8) is 0 Å². The summed E-state index contributed by atoms with van der Waals surface area (Å²) in [5.41, 5.74) is 6.72. The minimum absolute atomic E-state index is 0. The van der Waals surface area contributed by atoms with Gasteiger partial charge in [-0.1, -0.05) is 43.0 Å². The molecule has 2 N–H and O–H groups in total. The average Bonchev–Trinajstić information content (AvgIpc) is 2.05. The molecule has 1 rings (SSSR count). The van der Waals surface area contributed by atoms with E-state index in [2.05, 4.69) is 19.1 Å². The number of nitrogens with two attached hydrogens (primary N) is 1. The monoisotopic (exact) mass is 407 g/mol. The maximum atomic E-state index is 5.39. The number of hydrogen-bond acceptors (Lipinski definition) is 2. The Balaban J connectivity index is 0.00000144. The third-order valence-electron chi connectivity index (χ3n) is 1.55. The first-order valence-corrected chi connectivity index (χ1v) is 5.01. The van der Waals surface area contributed by atoms with Crippen molar-refractivity contribution in [3.05, 3.63) is 29.8 Å². The quantitative estimate of drug-likeness (QED) is 0.460. The molecule has 0 aliphatic rings. The molecule has 1 aromatic rings. The van der Waals surface area contributed by atoms with E-state index in [0.29, 0.717) is 4.32 Å². The first-order chi connectivity index (χ1) is 5.72. The third-order valence-corrected chi connectivity index (χ3v) is 2.51. The Morgan fingerprint density at radius 1 is 1.38 bits per heavy atom. The zero-order chi connectivity index (χ0) is 8.97. The molecular formula is C9H13NPbS2. The van der Waals surface area contributed by atoms with Gasteiger partial charge in [-0.2, -0.15) is 0 Å². The number of thioether (sulfide) groups is 1. The van der Waals surface area contributed by atoms with Gasteiger partial charge in [0.2, 0.25) is 0 Å². The first kappa shape index (κ1) is 13.4. The van der Waals surface area contributed by atoms with Crippen molar-refractivity contribution in [2.24, 2.45) is 5.73 Å². The summed E-state index contributed by atoms with van der Waals surface area (Å²) < 4.78 is 0.472. The zero-order valence-electron chi connectivity index (χ0n) is 7.62. The molecule has 0 fully saturated rings. The predicted molar refractivity (Wildman–Crippen MR) is 67.0 cm³/mol. The van der Waals surface area contributed by atoms with Crippen molar-refractivity contribution in [1.82, 2.24) is 0 Å². The van der Waals surface area contributed by atoms with Crippen LogP contribution in [0, 0.1) is 0 Å². The van der Waals surface area contributed by atoms with Gasteiger partial charge in [-0.25, -0.2) is 0 Å². The molecule has 0 atom stereocenters. The molecule has 1 nitrogen and oxygen atoms in total. The standard InChI is InChI=1S/C9H11NS2.Pb.2H/c1-2-7-3-5-8(6-4-7)12-9(10)11;;;/h3-6H,2H2,1H3,(H2,10,11);;;. The SMILES string of the molecule is CCc1ccc(SC(N)=S)cc1.[PbH2]. The zero-order valence-corrected chi connectivity index (χ0v) is 14.7. The van der Waals surface area contributed by atoms with Crippen LogP contribution >= 0.6 is 24.0 Å². The predicted octanol–water partition coefficient (Wildman–Crippen LogP) is 1.67. The van der Waals surface area contributed by atoms with Gasteiger partial charge in [0, 0.05) is 4.90 Å². The van der Waals surface area contributed by atoms with Crippen molar-refractivity contribution in [1.29, 1.82) is 0 Å². The Bertz CT molecular complexity index is 271. The van der Waals surface area contributed by atoms with Crippen LogP contribution in [0.5, 0.6) is 0 Å². The van der Waals surface area contributed by atoms with Crippen LogP contribution in [0.1, 0.15) is 12.5 Å². The second-order valence-corrected chi connectivity index (χ2v) is 4.23. The van der Waals surface area contributed by atoms with E-state index in [1.165, 1.54) is 17.3 Å². The molecule has 13 heavy (non-hydrogen) atoms. The van der Waals surface area contributed by atoms with Gasteiger partial charge >= 0.3 is 27.3 Å². The van der Waals surface area contributed by atoms with Gasteiger partial charge in [-0.05, 0) is 24.1 Å². The Morgan fingerprint density at radius 3 is 2.31 bits per heavy atom.